The lowest BCUT2D eigenvalue weighted by Crippen LogP contribution is -2.27. The molecule has 1 aromatic carbocycles. The number of amides is 1. The van der Waals surface area contributed by atoms with E-state index in [2.05, 4.69) is 5.32 Å². The topological polar surface area (TPSA) is 82.5 Å². The number of nitrogens with zero attached hydrogens (tertiary/aromatic N) is 2. The van der Waals surface area contributed by atoms with E-state index in [4.69, 9.17) is 14.5 Å². The summed E-state index contributed by atoms with van der Waals surface area (Å²) in [5.41, 5.74) is 2.21. The number of nitrogens with one attached hydrogen (secondary N) is 1. The van der Waals surface area contributed by atoms with Crippen LogP contribution in [-0.2, 0) is 30.6 Å². The zero-order valence-electron chi connectivity index (χ0n) is 19.2. The zero-order chi connectivity index (χ0) is 23.4. The van der Waals surface area contributed by atoms with Crippen molar-refractivity contribution in [1.82, 2.24) is 14.9 Å². The van der Waals surface area contributed by atoms with Crippen LogP contribution in [0.4, 0.5) is 0 Å². The second-order valence-electron chi connectivity index (χ2n) is 7.92. The van der Waals surface area contributed by atoms with Gasteiger partial charge in [0, 0.05) is 18.0 Å². The Morgan fingerprint density at radius 1 is 1.21 bits per heavy atom. The first-order valence-corrected chi connectivity index (χ1v) is 13.0. The zero-order valence-corrected chi connectivity index (χ0v) is 20.9. The first kappa shape index (κ1) is 23.6. The molecule has 176 valence electrons. The Balaban J connectivity index is 1.69. The van der Waals surface area contributed by atoms with Gasteiger partial charge in [0.2, 0.25) is 5.91 Å². The molecule has 1 aliphatic rings. The van der Waals surface area contributed by atoms with Crippen LogP contribution in [0.2, 0.25) is 0 Å². The van der Waals surface area contributed by atoms with Crippen molar-refractivity contribution < 1.29 is 14.3 Å². The predicted octanol–water partition coefficient (Wildman–Crippen LogP) is 3.82. The summed E-state index contributed by atoms with van der Waals surface area (Å²) < 4.78 is 12.5. The number of aromatic nitrogens is 2. The summed E-state index contributed by atoms with van der Waals surface area (Å²) in [6, 6.07) is 5.79. The third-order valence-electron chi connectivity index (χ3n) is 5.82. The molecule has 0 saturated heterocycles. The van der Waals surface area contributed by atoms with E-state index in [1.807, 2.05) is 25.1 Å². The summed E-state index contributed by atoms with van der Waals surface area (Å²) in [5, 5.41) is 4.17. The molecule has 7 nitrogen and oxygen atoms in total. The molecule has 0 aliphatic heterocycles. The molecular formula is C24H29N3O4S2. The van der Waals surface area contributed by atoms with E-state index in [1.165, 1.54) is 22.2 Å². The van der Waals surface area contributed by atoms with Gasteiger partial charge in [-0.2, -0.15) is 0 Å². The van der Waals surface area contributed by atoms with E-state index < -0.39 is 0 Å². The number of ether oxygens (including phenoxy) is 2. The quantitative estimate of drug-likeness (QED) is 0.365. The monoisotopic (exact) mass is 487 g/mol. The smallest absolute Gasteiger partial charge is 0.263 e. The van der Waals surface area contributed by atoms with Gasteiger partial charge in [-0.3, -0.25) is 14.2 Å². The van der Waals surface area contributed by atoms with Gasteiger partial charge in [-0.25, -0.2) is 4.98 Å². The van der Waals surface area contributed by atoms with Gasteiger partial charge in [0.25, 0.3) is 5.56 Å². The highest BCUT2D eigenvalue weighted by Crippen LogP contribution is 2.35. The largest absolute Gasteiger partial charge is 0.493 e. The van der Waals surface area contributed by atoms with E-state index in [9.17, 15) is 9.59 Å². The number of hydrogen-bond donors (Lipinski definition) is 1. The van der Waals surface area contributed by atoms with Gasteiger partial charge in [0.05, 0.1) is 25.4 Å². The highest BCUT2D eigenvalue weighted by molar-refractivity contribution is 7.99. The predicted molar refractivity (Wildman–Crippen MR) is 133 cm³/mol. The summed E-state index contributed by atoms with van der Waals surface area (Å²) in [4.78, 5) is 32.7. The first-order valence-electron chi connectivity index (χ1n) is 11.2. The number of fused-ring (bicyclic) bond motifs is 3. The lowest BCUT2D eigenvalue weighted by Gasteiger charge is -2.14. The minimum absolute atomic E-state index is 0.00160. The third-order valence-corrected chi connectivity index (χ3v) is 7.98. The molecule has 0 atom stereocenters. The molecule has 9 heteroatoms. The maximum absolute atomic E-state index is 13.7. The first-order chi connectivity index (χ1) is 16.0. The van der Waals surface area contributed by atoms with Crippen LogP contribution >= 0.6 is 23.1 Å². The molecule has 2 heterocycles. The molecule has 1 amide bonds. The molecule has 0 radical (unpaired) electrons. The standard InChI is InChI=1S/C24H29N3O4S2/c1-4-25-20(28)14-32-24-26-22-21(16-7-5-6-8-19(16)33-22)23(29)27(24)12-11-15-9-10-17(30-2)18(13-15)31-3/h9-10,13H,4-8,11-12,14H2,1-3H3,(H,25,28). The van der Waals surface area contributed by atoms with E-state index in [0.29, 0.717) is 36.2 Å². The van der Waals surface area contributed by atoms with Gasteiger partial charge in [-0.15, -0.1) is 11.3 Å². The number of rotatable bonds is 9. The highest BCUT2D eigenvalue weighted by Gasteiger charge is 2.22. The van der Waals surface area contributed by atoms with Crippen molar-refractivity contribution in [3.8, 4) is 11.5 Å². The van der Waals surface area contributed by atoms with Gasteiger partial charge in [0.1, 0.15) is 4.83 Å². The lowest BCUT2D eigenvalue weighted by molar-refractivity contribution is -0.118. The van der Waals surface area contributed by atoms with Crippen molar-refractivity contribution in [2.24, 2.45) is 0 Å². The third kappa shape index (κ3) is 5.04. The van der Waals surface area contributed by atoms with Crippen LogP contribution in [0.25, 0.3) is 10.2 Å². The fraction of sp³-hybridized carbons (Fsp3) is 0.458. The number of aryl methyl sites for hydroxylation is 3. The van der Waals surface area contributed by atoms with Crippen LogP contribution in [0.1, 0.15) is 35.8 Å². The van der Waals surface area contributed by atoms with Crippen LogP contribution < -0.4 is 20.3 Å². The van der Waals surface area contributed by atoms with Gasteiger partial charge >= 0.3 is 0 Å². The normalized spacial score (nSPS) is 13.1. The molecule has 0 unspecified atom stereocenters. The molecule has 2 aromatic heterocycles. The molecular weight excluding hydrogens is 458 g/mol. The Hall–Kier alpha value is -2.52. The van der Waals surface area contributed by atoms with Gasteiger partial charge < -0.3 is 14.8 Å². The number of carbonyl (C=O) groups is 1. The minimum atomic E-state index is -0.0613. The number of methoxy groups -OCH3 is 2. The number of carbonyl (C=O) groups excluding carboxylic acids is 1. The Morgan fingerprint density at radius 2 is 2.00 bits per heavy atom. The van der Waals surface area contributed by atoms with Crippen molar-refractivity contribution in [1.29, 1.82) is 0 Å². The number of hydrogen-bond acceptors (Lipinski definition) is 7. The Kier molecular flexibility index (Phi) is 7.60. The number of benzene rings is 1. The van der Waals surface area contributed by atoms with Crippen LogP contribution in [-0.4, -0.2) is 42.0 Å². The van der Waals surface area contributed by atoms with Gasteiger partial charge in [0.15, 0.2) is 16.7 Å². The molecule has 0 saturated carbocycles. The van der Waals surface area contributed by atoms with E-state index in [0.717, 1.165) is 41.5 Å². The molecule has 0 spiro atoms. The van der Waals surface area contributed by atoms with Crippen LogP contribution in [0, 0.1) is 0 Å². The van der Waals surface area contributed by atoms with Crippen LogP contribution in [0.3, 0.4) is 0 Å². The Labute approximate surface area is 201 Å². The van der Waals surface area contributed by atoms with E-state index >= 15 is 0 Å². The van der Waals surface area contributed by atoms with Crippen molar-refractivity contribution in [3.63, 3.8) is 0 Å². The summed E-state index contributed by atoms with van der Waals surface area (Å²) in [7, 11) is 3.22. The van der Waals surface area contributed by atoms with Crippen LogP contribution in [0.15, 0.2) is 28.2 Å². The fourth-order valence-electron chi connectivity index (χ4n) is 4.18. The fourth-order valence-corrected chi connectivity index (χ4v) is 6.34. The Bertz CT molecular complexity index is 1220. The molecule has 0 bridgehead atoms. The van der Waals surface area contributed by atoms with E-state index in [1.54, 1.807) is 30.1 Å². The van der Waals surface area contributed by atoms with Crippen molar-refractivity contribution in [2.75, 3.05) is 26.5 Å². The number of thiophene rings is 1. The molecule has 0 fully saturated rings. The van der Waals surface area contributed by atoms with Crippen LogP contribution in [0.5, 0.6) is 11.5 Å². The maximum atomic E-state index is 13.7. The van der Waals surface area contributed by atoms with Crippen molar-refractivity contribution in [2.45, 2.75) is 50.7 Å². The summed E-state index contributed by atoms with van der Waals surface area (Å²) >= 11 is 2.96. The van der Waals surface area contributed by atoms with E-state index in [-0.39, 0.29) is 17.2 Å². The average molecular weight is 488 g/mol. The van der Waals surface area contributed by atoms with Crippen molar-refractivity contribution in [3.05, 3.63) is 44.6 Å². The van der Waals surface area contributed by atoms with Crippen molar-refractivity contribution >= 4 is 39.2 Å². The molecule has 1 N–H and O–H groups in total. The molecule has 3 aromatic rings. The summed E-state index contributed by atoms with van der Waals surface area (Å²) in [6.07, 6.45) is 4.86. The Morgan fingerprint density at radius 3 is 2.76 bits per heavy atom. The SMILES string of the molecule is CCNC(=O)CSc1nc2sc3c(c2c(=O)n1CCc1ccc(OC)c(OC)c1)CCCC3. The van der Waals surface area contributed by atoms with Gasteiger partial charge in [-0.1, -0.05) is 17.8 Å². The second kappa shape index (κ2) is 10.6. The van der Waals surface area contributed by atoms with Gasteiger partial charge in [-0.05, 0) is 62.3 Å². The average Bonchev–Trinajstić information content (AvgIpc) is 3.20. The molecule has 33 heavy (non-hydrogen) atoms. The minimum Gasteiger partial charge on any atom is -0.493 e. The highest BCUT2D eigenvalue weighted by atomic mass is 32.2. The second-order valence-corrected chi connectivity index (χ2v) is 9.95. The molecule has 4 rings (SSSR count). The maximum Gasteiger partial charge on any atom is 0.263 e. The lowest BCUT2D eigenvalue weighted by atomic mass is 9.97. The molecule has 1 aliphatic carbocycles. The summed E-state index contributed by atoms with van der Waals surface area (Å²) in [6.45, 7) is 2.94. The number of thioether (sulfide) groups is 1. The summed E-state index contributed by atoms with van der Waals surface area (Å²) in [5.74, 6) is 1.50.